The van der Waals surface area contributed by atoms with E-state index in [1.54, 1.807) is 4.52 Å². The lowest BCUT2D eigenvalue weighted by Gasteiger charge is -2.17. The minimum atomic E-state index is 0.240. The second kappa shape index (κ2) is 8.31. The highest BCUT2D eigenvalue weighted by molar-refractivity contribution is 7.99. The molecule has 0 bridgehead atoms. The van der Waals surface area contributed by atoms with Gasteiger partial charge in [-0.2, -0.15) is 10.1 Å². The molecule has 1 atom stereocenters. The van der Waals surface area contributed by atoms with Crippen LogP contribution < -0.4 is 0 Å². The Labute approximate surface area is 169 Å². The molecule has 1 aromatic carbocycles. The summed E-state index contributed by atoms with van der Waals surface area (Å²) in [6.07, 6.45) is 3.82. The van der Waals surface area contributed by atoms with Gasteiger partial charge in [0.2, 0.25) is 5.91 Å². The molecule has 1 aliphatic rings. The number of nitrogens with zero attached hydrogens (tertiary/aromatic N) is 5. The fraction of sp³-hybridized carbons (Fsp3) is 0.429. The monoisotopic (exact) mass is 395 g/mol. The van der Waals surface area contributed by atoms with Gasteiger partial charge in [-0.1, -0.05) is 18.2 Å². The standard InChI is InChI=1S/C21H25N5OS/c1-15-19(16(2)26-21(24-15)22-14-23-26)8-9-20(27)25-11-10-17(12-25)13-28-18-6-4-3-5-7-18/h3-7,14,17H,8-13H2,1-2H3/t17-/m0/s1. The number of carbonyl (C=O) groups excluding carboxylic acids is 1. The number of hydrogen-bond donors (Lipinski definition) is 0. The second-order valence-corrected chi connectivity index (χ2v) is 8.44. The average Bonchev–Trinajstić information content (AvgIpc) is 3.36. The molecule has 0 unspecified atom stereocenters. The van der Waals surface area contributed by atoms with E-state index in [-0.39, 0.29) is 5.91 Å². The molecule has 6 nitrogen and oxygen atoms in total. The Kier molecular flexibility index (Phi) is 5.62. The smallest absolute Gasteiger partial charge is 0.252 e. The van der Waals surface area contributed by atoms with Crippen molar-refractivity contribution in [2.75, 3.05) is 18.8 Å². The molecule has 1 amide bonds. The number of thioether (sulfide) groups is 1. The van der Waals surface area contributed by atoms with E-state index in [2.05, 4.69) is 39.3 Å². The average molecular weight is 396 g/mol. The minimum Gasteiger partial charge on any atom is -0.342 e. The van der Waals surface area contributed by atoms with Crippen LogP contribution in [0.2, 0.25) is 0 Å². The van der Waals surface area contributed by atoms with Gasteiger partial charge in [-0.3, -0.25) is 4.79 Å². The van der Waals surface area contributed by atoms with Crippen LogP contribution in [-0.2, 0) is 11.2 Å². The summed E-state index contributed by atoms with van der Waals surface area (Å²) >= 11 is 1.89. The van der Waals surface area contributed by atoms with Crippen LogP contribution in [0.5, 0.6) is 0 Å². The van der Waals surface area contributed by atoms with E-state index in [1.807, 2.05) is 36.6 Å². The molecule has 1 saturated heterocycles. The van der Waals surface area contributed by atoms with Crippen LogP contribution >= 0.6 is 11.8 Å². The molecule has 7 heteroatoms. The number of rotatable bonds is 6. The van der Waals surface area contributed by atoms with Gasteiger partial charge in [-0.05, 0) is 50.3 Å². The lowest BCUT2D eigenvalue weighted by molar-refractivity contribution is -0.130. The highest BCUT2D eigenvalue weighted by Gasteiger charge is 2.26. The molecular formula is C21H25N5OS. The van der Waals surface area contributed by atoms with E-state index in [9.17, 15) is 4.79 Å². The number of aryl methyl sites for hydroxylation is 2. The molecule has 3 aromatic rings. The number of aromatic nitrogens is 4. The number of carbonyl (C=O) groups is 1. The zero-order chi connectivity index (χ0) is 19.5. The molecule has 146 valence electrons. The maximum absolute atomic E-state index is 12.7. The fourth-order valence-corrected chi connectivity index (χ4v) is 4.88. The molecule has 28 heavy (non-hydrogen) atoms. The largest absolute Gasteiger partial charge is 0.342 e. The summed E-state index contributed by atoms with van der Waals surface area (Å²) in [5.41, 5.74) is 3.05. The molecule has 2 aromatic heterocycles. The first-order chi connectivity index (χ1) is 13.6. The van der Waals surface area contributed by atoms with E-state index < -0.39 is 0 Å². The maximum Gasteiger partial charge on any atom is 0.252 e. The third kappa shape index (κ3) is 4.04. The van der Waals surface area contributed by atoms with Crippen molar-refractivity contribution in [3.05, 3.63) is 53.6 Å². The Morgan fingerprint density at radius 2 is 2.07 bits per heavy atom. The Morgan fingerprint density at radius 3 is 2.89 bits per heavy atom. The Morgan fingerprint density at radius 1 is 1.25 bits per heavy atom. The summed E-state index contributed by atoms with van der Waals surface area (Å²) < 4.78 is 1.75. The maximum atomic E-state index is 12.7. The van der Waals surface area contributed by atoms with Gasteiger partial charge in [0.15, 0.2) is 0 Å². The van der Waals surface area contributed by atoms with Crippen LogP contribution in [0, 0.1) is 19.8 Å². The van der Waals surface area contributed by atoms with Gasteiger partial charge < -0.3 is 4.90 Å². The van der Waals surface area contributed by atoms with Gasteiger partial charge in [0, 0.05) is 41.5 Å². The number of amides is 1. The van der Waals surface area contributed by atoms with Crippen molar-refractivity contribution in [1.29, 1.82) is 0 Å². The van der Waals surface area contributed by atoms with E-state index >= 15 is 0 Å². The summed E-state index contributed by atoms with van der Waals surface area (Å²) in [6, 6.07) is 10.5. The van der Waals surface area contributed by atoms with Crippen LogP contribution in [0.25, 0.3) is 5.78 Å². The summed E-state index contributed by atoms with van der Waals surface area (Å²) in [6.45, 7) is 5.74. The number of benzene rings is 1. The first-order valence-electron chi connectivity index (χ1n) is 9.73. The molecule has 1 aliphatic heterocycles. The first-order valence-corrected chi connectivity index (χ1v) is 10.7. The Bertz CT molecular complexity index is 972. The fourth-order valence-electron chi connectivity index (χ4n) is 3.83. The van der Waals surface area contributed by atoms with E-state index in [1.165, 1.54) is 11.2 Å². The van der Waals surface area contributed by atoms with Crippen molar-refractivity contribution < 1.29 is 4.79 Å². The normalized spacial score (nSPS) is 16.8. The molecular weight excluding hydrogens is 370 g/mol. The molecule has 0 N–H and O–H groups in total. The Hall–Kier alpha value is -2.41. The van der Waals surface area contributed by atoms with Crippen molar-refractivity contribution in [2.24, 2.45) is 5.92 Å². The SMILES string of the molecule is Cc1nc2ncnn2c(C)c1CCC(=O)N1CC[C@H](CSc2ccccc2)C1. The molecule has 3 heterocycles. The second-order valence-electron chi connectivity index (χ2n) is 7.35. The van der Waals surface area contributed by atoms with E-state index in [0.717, 1.165) is 42.2 Å². The van der Waals surface area contributed by atoms with Crippen LogP contribution in [0.4, 0.5) is 0 Å². The van der Waals surface area contributed by atoms with Crippen LogP contribution in [0.3, 0.4) is 0 Å². The first kappa shape index (κ1) is 18.9. The van der Waals surface area contributed by atoms with Crippen LogP contribution in [0.15, 0.2) is 41.6 Å². The zero-order valence-electron chi connectivity index (χ0n) is 16.3. The molecule has 0 spiro atoms. The van der Waals surface area contributed by atoms with E-state index in [0.29, 0.717) is 24.5 Å². The summed E-state index contributed by atoms with van der Waals surface area (Å²) in [7, 11) is 0. The number of fused-ring (bicyclic) bond motifs is 1. The third-order valence-corrected chi connectivity index (χ3v) is 6.69. The lowest BCUT2D eigenvalue weighted by Crippen LogP contribution is -2.29. The molecule has 0 aliphatic carbocycles. The van der Waals surface area contributed by atoms with Crippen LogP contribution in [-0.4, -0.2) is 49.2 Å². The highest BCUT2D eigenvalue weighted by atomic mass is 32.2. The van der Waals surface area contributed by atoms with Crippen molar-refractivity contribution in [2.45, 2.75) is 38.0 Å². The highest BCUT2D eigenvalue weighted by Crippen LogP contribution is 2.26. The Balaban J connectivity index is 1.31. The number of likely N-dealkylation sites (tertiary alicyclic amines) is 1. The van der Waals surface area contributed by atoms with Crippen molar-refractivity contribution in [3.63, 3.8) is 0 Å². The predicted molar refractivity (Wildman–Crippen MR) is 110 cm³/mol. The van der Waals surface area contributed by atoms with Crippen molar-refractivity contribution >= 4 is 23.4 Å². The summed E-state index contributed by atoms with van der Waals surface area (Å²) in [5.74, 6) is 2.50. The van der Waals surface area contributed by atoms with Crippen molar-refractivity contribution in [3.8, 4) is 0 Å². The summed E-state index contributed by atoms with van der Waals surface area (Å²) in [5, 5.41) is 4.23. The predicted octanol–water partition coefficient (Wildman–Crippen LogP) is 3.31. The quantitative estimate of drug-likeness (QED) is 0.599. The van der Waals surface area contributed by atoms with Gasteiger partial charge in [-0.25, -0.2) is 9.50 Å². The molecule has 0 saturated carbocycles. The van der Waals surface area contributed by atoms with Gasteiger partial charge in [-0.15, -0.1) is 11.8 Å². The molecule has 1 fully saturated rings. The van der Waals surface area contributed by atoms with Gasteiger partial charge in [0.05, 0.1) is 0 Å². The van der Waals surface area contributed by atoms with E-state index in [4.69, 9.17) is 0 Å². The molecule has 4 rings (SSSR count). The van der Waals surface area contributed by atoms with Crippen molar-refractivity contribution in [1.82, 2.24) is 24.5 Å². The van der Waals surface area contributed by atoms with Gasteiger partial charge in [0.1, 0.15) is 6.33 Å². The molecule has 0 radical (unpaired) electrons. The topological polar surface area (TPSA) is 63.4 Å². The van der Waals surface area contributed by atoms with Gasteiger partial charge in [0.25, 0.3) is 5.78 Å². The third-order valence-electron chi connectivity index (χ3n) is 5.44. The lowest BCUT2D eigenvalue weighted by atomic mass is 10.1. The zero-order valence-corrected chi connectivity index (χ0v) is 17.2. The van der Waals surface area contributed by atoms with Gasteiger partial charge >= 0.3 is 0 Å². The minimum absolute atomic E-state index is 0.240. The summed E-state index contributed by atoms with van der Waals surface area (Å²) in [4.78, 5) is 24.7. The van der Waals surface area contributed by atoms with Crippen LogP contribution in [0.1, 0.15) is 29.8 Å². The number of hydrogen-bond acceptors (Lipinski definition) is 5.